The third-order valence-corrected chi connectivity index (χ3v) is 2.77. The molecule has 1 nitrogen and oxygen atoms in total. The molecule has 1 rings (SSSR count). The highest BCUT2D eigenvalue weighted by molar-refractivity contribution is 5.36. The van der Waals surface area contributed by atoms with Crippen LogP contribution >= 0.6 is 0 Å². The summed E-state index contributed by atoms with van der Waals surface area (Å²) in [5.41, 5.74) is 1.72. The van der Waals surface area contributed by atoms with Gasteiger partial charge in [0.2, 0.25) is 0 Å². The van der Waals surface area contributed by atoms with Crippen LogP contribution in [0.1, 0.15) is 24.0 Å². The number of nitrogens with zero attached hydrogens (tertiary/aromatic N) is 1. The van der Waals surface area contributed by atoms with Crippen LogP contribution in [0.4, 0.5) is 0 Å². The monoisotopic (exact) mass is 211 g/mol. The second kappa shape index (κ2) is 5.32. The molecule has 0 unspecified atom stereocenters. The van der Waals surface area contributed by atoms with Crippen molar-refractivity contribution in [3.8, 4) is 6.07 Å². The second-order valence-corrected chi connectivity index (χ2v) is 4.05. The average molecular weight is 211 g/mol. The third-order valence-electron chi connectivity index (χ3n) is 2.77. The summed E-state index contributed by atoms with van der Waals surface area (Å²) in [5.74, 6) is 0. The molecule has 1 heteroatoms. The van der Waals surface area contributed by atoms with Crippen LogP contribution in [-0.4, -0.2) is 0 Å². The summed E-state index contributed by atoms with van der Waals surface area (Å²) < 4.78 is 0. The van der Waals surface area contributed by atoms with E-state index in [9.17, 15) is 5.26 Å². The smallest absolute Gasteiger partial charge is 0.0890 e. The molecule has 0 saturated carbocycles. The maximum Gasteiger partial charge on any atom is 0.0890 e. The van der Waals surface area contributed by atoms with E-state index in [2.05, 4.69) is 25.3 Å². The fraction of sp³-hybridized carbons (Fsp3) is 0.267. The number of rotatable bonds is 5. The van der Waals surface area contributed by atoms with Crippen molar-refractivity contribution >= 4 is 0 Å². The van der Waals surface area contributed by atoms with Gasteiger partial charge in [-0.1, -0.05) is 42.0 Å². The Kier molecular flexibility index (Phi) is 4.08. The van der Waals surface area contributed by atoms with Crippen LogP contribution in [0.5, 0.6) is 0 Å². The maximum atomic E-state index is 9.44. The molecular formula is C15H17N. The summed E-state index contributed by atoms with van der Waals surface area (Å²) in [7, 11) is 0. The Hall–Kier alpha value is -1.81. The number of nitriles is 1. The minimum absolute atomic E-state index is 0.504. The van der Waals surface area contributed by atoms with Crippen LogP contribution in [0, 0.1) is 18.3 Å². The molecule has 0 aliphatic heterocycles. The first-order valence-electron chi connectivity index (χ1n) is 5.39. The normalized spacial score (nSPS) is 10.5. The quantitative estimate of drug-likeness (QED) is 0.677. The molecule has 1 aromatic rings. The van der Waals surface area contributed by atoms with Gasteiger partial charge in [0.05, 0.1) is 11.5 Å². The van der Waals surface area contributed by atoms with Gasteiger partial charge in [-0.3, -0.25) is 0 Å². The molecule has 0 fully saturated rings. The number of hydrogen-bond donors (Lipinski definition) is 0. The molecule has 0 aliphatic carbocycles. The van der Waals surface area contributed by atoms with E-state index in [4.69, 9.17) is 0 Å². The SMILES string of the molecule is C=CCC(C#N)(CC=C)c1cccc(C)c1. The molecule has 0 atom stereocenters. The number of benzene rings is 1. The van der Waals surface area contributed by atoms with Crippen LogP contribution < -0.4 is 0 Å². The van der Waals surface area contributed by atoms with Crippen molar-refractivity contribution in [2.75, 3.05) is 0 Å². The zero-order valence-electron chi connectivity index (χ0n) is 9.74. The predicted molar refractivity (Wildman–Crippen MR) is 68.1 cm³/mol. The van der Waals surface area contributed by atoms with E-state index in [1.165, 1.54) is 5.56 Å². The van der Waals surface area contributed by atoms with Crippen LogP contribution in [0.15, 0.2) is 49.6 Å². The van der Waals surface area contributed by atoms with E-state index in [1.807, 2.05) is 25.1 Å². The van der Waals surface area contributed by atoms with Gasteiger partial charge in [-0.25, -0.2) is 0 Å². The Balaban J connectivity index is 3.24. The largest absolute Gasteiger partial charge is 0.197 e. The summed E-state index contributed by atoms with van der Waals surface area (Å²) in [6.45, 7) is 9.51. The van der Waals surface area contributed by atoms with Crippen LogP contribution in [0.2, 0.25) is 0 Å². The molecule has 0 bridgehead atoms. The van der Waals surface area contributed by atoms with E-state index < -0.39 is 5.41 Å². The highest BCUT2D eigenvalue weighted by Gasteiger charge is 2.29. The summed E-state index contributed by atoms with van der Waals surface area (Å²) in [6, 6.07) is 10.5. The Morgan fingerprint density at radius 2 is 1.94 bits per heavy atom. The van der Waals surface area contributed by atoms with Crippen molar-refractivity contribution in [2.24, 2.45) is 0 Å². The average Bonchev–Trinajstić information content (AvgIpc) is 2.28. The number of aryl methyl sites for hydroxylation is 1. The van der Waals surface area contributed by atoms with Crippen LogP contribution in [0.3, 0.4) is 0 Å². The predicted octanol–water partition coefficient (Wildman–Crippen LogP) is 3.91. The van der Waals surface area contributed by atoms with Gasteiger partial charge in [0.25, 0.3) is 0 Å². The molecular weight excluding hydrogens is 194 g/mol. The van der Waals surface area contributed by atoms with E-state index in [-0.39, 0.29) is 0 Å². The molecule has 0 spiro atoms. The molecule has 1 aromatic carbocycles. The van der Waals surface area contributed by atoms with Crippen LogP contribution in [-0.2, 0) is 5.41 Å². The lowest BCUT2D eigenvalue weighted by molar-refractivity contribution is 0.565. The Morgan fingerprint density at radius 1 is 1.31 bits per heavy atom. The van der Waals surface area contributed by atoms with Gasteiger partial charge < -0.3 is 0 Å². The standard InChI is InChI=1S/C15H17N/c1-4-9-15(12-16,10-5-2)14-8-6-7-13(3)11-14/h4-8,11H,1-2,9-10H2,3H3. The first kappa shape index (κ1) is 12.3. The van der Waals surface area contributed by atoms with Gasteiger partial charge in [-0.2, -0.15) is 5.26 Å². The second-order valence-electron chi connectivity index (χ2n) is 4.05. The fourth-order valence-electron chi connectivity index (χ4n) is 1.91. The Bertz CT molecular complexity index is 413. The molecule has 0 aliphatic rings. The van der Waals surface area contributed by atoms with E-state index in [1.54, 1.807) is 12.2 Å². The van der Waals surface area contributed by atoms with Crippen molar-refractivity contribution < 1.29 is 0 Å². The summed E-state index contributed by atoms with van der Waals surface area (Å²) in [5, 5.41) is 9.44. The highest BCUT2D eigenvalue weighted by Crippen LogP contribution is 2.32. The molecule has 16 heavy (non-hydrogen) atoms. The first-order chi connectivity index (χ1) is 7.68. The van der Waals surface area contributed by atoms with Crippen molar-refractivity contribution in [1.29, 1.82) is 5.26 Å². The molecule has 0 radical (unpaired) electrons. The third kappa shape index (κ3) is 2.41. The lowest BCUT2D eigenvalue weighted by Gasteiger charge is -2.24. The summed E-state index contributed by atoms with van der Waals surface area (Å²) >= 11 is 0. The number of hydrogen-bond acceptors (Lipinski definition) is 1. The molecule has 0 aromatic heterocycles. The fourth-order valence-corrected chi connectivity index (χ4v) is 1.91. The summed E-state index contributed by atoms with van der Waals surface area (Å²) in [6.07, 6.45) is 4.90. The molecule has 0 N–H and O–H groups in total. The van der Waals surface area contributed by atoms with Gasteiger partial charge in [0, 0.05) is 0 Å². The molecule has 0 amide bonds. The van der Waals surface area contributed by atoms with Crippen molar-refractivity contribution in [3.05, 3.63) is 60.7 Å². The molecule has 82 valence electrons. The van der Waals surface area contributed by atoms with Gasteiger partial charge >= 0.3 is 0 Å². The lowest BCUT2D eigenvalue weighted by Crippen LogP contribution is -2.22. The maximum absolute atomic E-state index is 9.44. The van der Waals surface area contributed by atoms with E-state index in [0.29, 0.717) is 12.8 Å². The first-order valence-corrected chi connectivity index (χ1v) is 5.39. The van der Waals surface area contributed by atoms with E-state index >= 15 is 0 Å². The van der Waals surface area contributed by atoms with Crippen molar-refractivity contribution in [1.82, 2.24) is 0 Å². The lowest BCUT2D eigenvalue weighted by atomic mass is 9.76. The number of allylic oxidation sites excluding steroid dienone is 2. The minimum atomic E-state index is -0.504. The van der Waals surface area contributed by atoms with Crippen LogP contribution in [0.25, 0.3) is 0 Å². The van der Waals surface area contributed by atoms with Gasteiger partial charge in [0.15, 0.2) is 0 Å². The summed E-state index contributed by atoms with van der Waals surface area (Å²) in [4.78, 5) is 0. The highest BCUT2D eigenvalue weighted by atomic mass is 14.4. The minimum Gasteiger partial charge on any atom is -0.197 e. The van der Waals surface area contributed by atoms with Gasteiger partial charge in [-0.15, -0.1) is 13.2 Å². The van der Waals surface area contributed by atoms with Gasteiger partial charge in [0.1, 0.15) is 0 Å². The molecule has 0 heterocycles. The van der Waals surface area contributed by atoms with Gasteiger partial charge in [-0.05, 0) is 25.3 Å². The van der Waals surface area contributed by atoms with E-state index in [0.717, 1.165) is 5.56 Å². The Labute approximate surface area is 97.7 Å². The topological polar surface area (TPSA) is 23.8 Å². The zero-order valence-corrected chi connectivity index (χ0v) is 9.74. The van der Waals surface area contributed by atoms with Crippen molar-refractivity contribution in [2.45, 2.75) is 25.2 Å². The van der Waals surface area contributed by atoms with Crippen molar-refractivity contribution in [3.63, 3.8) is 0 Å². The molecule has 0 saturated heterocycles. The zero-order chi connectivity index (χ0) is 12.0. The Morgan fingerprint density at radius 3 is 2.38 bits per heavy atom.